The molecule has 2 rings (SSSR count). The summed E-state index contributed by atoms with van der Waals surface area (Å²) in [5, 5.41) is 27.5. The van der Waals surface area contributed by atoms with Gasteiger partial charge in [0.1, 0.15) is 23.7 Å². The lowest BCUT2D eigenvalue weighted by Crippen LogP contribution is -2.11. The number of phenols is 2. The summed E-state index contributed by atoms with van der Waals surface area (Å²) in [5.74, 6) is -1.09. The molecular formula is C16H19NO4. The second-order valence-electron chi connectivity index (χ2n) is 5.09. The van der Waals surface area contributed by atoms with Gasteiger partial charge in [-0.2, -0.15) is 0 Å². The van der Waals surface area contributed by atoms with Crippen molar-refractivity contribution < 1.29 is 19.7 Å². The number of hydrogen-bond acceptors (Lipinski definition) is 5. The van der Waals surface area contributed by atoms with Gasteiger partial charge in [-0.1, -0.05) is 12.2 Å². The maximum absolute atomic E-state index is 12.1. The van der Waals surface area contributed by atoms with E-state index < -0.39 is 5.97 Å². The van der Waals surface area contributed by atoms with Crippen LogP contribution in [0.5, 0.6) is 11.5 Å². The Labute approximate surface area is 123 Å². The van der Waals surface area contributed by atoms with Gasteiger partial charge in [0.15, 0.2) is 0 Å². The molecule has 0 aromatic heterocycles. The van der Waals surface area contributed by atoms with Crippen LogP contribution < -0.4 is 0 Å². The summed E-state index contributed by atoms with van der Waals surface area (Å²) < 4.78 is 5.10. The Morgan fingerprint density at radius 2 is 1.95 bits per heavy atom. The number of allylic oxidation sites excluding steroid dienone is 1. The predicted molar refractivity (Wildman–Crippen MR) is 79.1 cm³/mol. The number of aromatic hydroxyl groups is 2. The number of nitrogens with one attached hydrogen (secondary N) is 1. The molecule has 0 unspecified atom stereocenters. The van der Waals surface area contributed by atoms with E-state index >= 15 is 0 Å². The fraction of sp³-hybridized carbons (Fsp3) is 0.375. The number of cyclic esters (lactones) is 1. The second-order valence-corrected chi connectivity index (χ2v) is 5.09. The van der Waals surface area contributed by atoms with Crippen LogP contribution in [0.3, 0.4) is 0 Å². The first kappa shape index (κ1) is 15.1. The minimum Gasteiger partial charge on any atom is -0.508 e. The highest BCUT2D eigenvalue weighted by Crippen LogP contribution is 2.29. The number of esters is 1. The van der Waals surface area contributed by atoms with Crippen molar-refractivity contribution in [2.45, 2.75) is 32.1 Å². The lowest BCUT2D eigenvalue weighted by Gasteiger charge is -2.12. The van der Waals surface area contributed by atoms with Crippen molar-refractivity contribution in [1.82, 2.24) is 0 Å². The zero-order valence-corrected chi connectivity index (χ0v) is 11.8. The van der Waals surface area contributed by atoms with Crippen LogP contribution in [0.4, 0.5) is 0 Å². The van der Waals surface area contributed by atoms with Crippen LogP contribution in [-0.2, 0) is 11.2 Å². The van der Waals surface area contributed by atoms with Crippen LogP contribution >= 0.6 is 0 Å². The molecule has 0 radical (unpaired) electrons. The van der Waals surface area contributed by atoms with Crippen LogP contribution in [0.15, 0.2) is 24.3 Å². The molecule has 0 spiro atoms. The summed E-state index contributed by atoms with van der Waals surface area (Å²) in [7, 11) is 0. The van der Waals surface area contributed by atoms with Gasteiger partial charge < -0.3 is 20.4 Å². The van der Waals surface area contributed by atoms with E-state index in [4.69, 9.17) is 10.1 Å². The molecule has 0 atom stereocenters. The van der Waals surface area contributed by atoms with E-state index in [1.807, 2.05) is 6.08 Å². The fourth-order valence-electron chi connectivity index (χ4n) is 2.34. The highest BCUT2D eigenvalue weighted by atomic mass is 16.5. The van der Waals surface area contributed by atoms with Crippen molar-refractivity contribution in [3.8, 4) is 11.5 Å². The smallest absolute Gasteiger partial charge is 0.342 e. The maximum Gasteiger partial charge on any atom is 0.342 e. The number of rotatable bonds is 0. The third-order valence-corrected chi connectivity index (χ3v) is 3.37. The Bertz CT molecular complexity index is 578. The molecule has 1 heterocycles. The predicted octanol–water partition coefficient (Wildman–Crippen LogP) is 2.95. The van der Waals surface area contributed by atoms with E-state index in [0.717, 1.165) is 25.3 Å². The van der Waals surface area contributed by atoms with E-state index in [9.17, 15) is 15.0 Å². The number of fused-ring (bicyclic) bond motifs is 1. The molecule has 21 heavy (non-hydrogen) atoms. The van der Waals surface area contributed by atoms with E-state index in [-0.39, 0.29) is 30.1 Å². The molecule has 1 aliphatic heterocycles. The van der Waals surface area contributed by atoms with Crippen molar-refractivity contribution in [2.24, 2.45) is 0 Å². The van der Waals surface area contributed by atoms with Gasteiger partial charge in [0.05, 0.1) is 0 Å². The first-order valence-electron chi connectivity index (χ1n) is 7.01. The normalized spacial score (nSPS) is 18.7. The third kappa shape index (κ3) is 4.08. The van der Waals surface area contributed by atoms with Crippen LogP contribution in [0.25, 0.3) is 0 Å². The standard InChI is InChI=1S/C16H19NO4/c17-12-6-4-2-1-3-5-7-21-16(20)15-11(8-12)9-13(18)10-14(15)19/h3,5,9-10,17-19H,1-2,4,6-8H2/b5-3+,17-12?. The Hall–Kier alpha value is -2.30. The zero-order chi connectivity index (χ0) is 15.2. The molecule has 1 aromatic rings. The second kappa shape index (κ2) is 6.92. The lowest BCUT2D eigenvalue weighted by atomic mass is 9.98. The summed E-state index contributed by atoms with van der Waals surface area (Å²) in [6.45, 7) is 0.149. The van der Waals surface area contributed by atoms with Crippen LogP contribution in [-0.4, -0.2) is 28.5 Å². The molecule has 0 bridgehead atoms. The molecule has 1 aliphatic rings. The van der Waals surface area contributed by atoms with Gasteiger partial charge in [-0.25, -0.2) is 4.79 Å². The van der Waals surface area contributed by atoms with Gasteiger partial charge in [0.2, 0.25) is 0 Å². The maximum atomic E-state index is 12.1. The fourth-order valence-corrected chi connectivity index (χ4v) is 2.34. The Kier molecular flexibility index (Phi) is 4.98. The Balaban J connectivity index is 2.35. The van der Waals surface area contributed by atoms with Gasteiger partial charge in [-0.3, -0.25) is 0 Å². The monoisotopic (exact) mass is 289 g/mol. The molecule has 5 heteroatoms. The van der Waals surface area contributed by atoms with Gasteiger partial charge in [0, 0.05) is 18.2 Å². The SMILES string of the molecule is N=C1CCCC/C=C/COC(=O)c2c(O)cc(O)cc2C1. The van der Waals surface area contributed by atoms with Crippen molar-refractivity contribution in [3.63, 3.8) is 0 Å². The molecule has 0 aliphatic carbocycles. The first-order chi connectivity index (χ1) is 10.1. The van der Waals surface area contributed by atoms with Crippen molar-refractivity contribution in [2.75, 3.05) is 6.61 Å². The average molecular weight is 289 g/mol. The van der Waals surface area contributed by atoms with Crippen LogP contribution in [0, 0.1) is 5.41 Å². The third-order valence-electron chi connectivity index (χ3n) is 3.37. The summed E-state index contributed by atoms with van der Waals surface area (Å²) in [6.07, 6.45) is 7.36. The lowest BCUT2D eigenvalue weighted by molar-refractivity contribution is 0.0545. The number of ether oxygens (including phenoxy) is 1. The summed E-state index contributed by atoms with van der Waals surface area (Å²) in [6, 6.07) is 2.51. The summed E-state index contributed by atoms with van der Waals surface area (Å²) in [5.41, 5.74) is 0.924. The number of carbonyl (C=O) groups excluding carboxylic acids is 1. The minimum absolute atomic E-state index is 0.0326. The van der Waals surface area contributed by atoms with Gasteiger partial charge in [0.25, 0.3) is 0 Å². The quantitative estimate of drug-likeness (QED) is 0.506. The van der Waals surface area contributed by atoms with Crippen molar-refractivity contribution in [1.29, 1.82) is 5.41 Å². The molecule has 0 fully saturated rings. The highest BCUT2D eigenvalue weighted by molar-refractivity contribution is 5.96. The zero-order valence-electron chi connectivity index (χ0n) is 11.8. The van der Waals surface area contributed by atoms with Crippen molar-refractivity contribution in [3.05, 3.63) is 35.4 Å². The summed E-state index contributed by atoms with van der Waals surface area (Å²) >= 11 is 0. The van der Waals surface area contributed by atoms with E-state index in [1.165, 1.54) is 6.07 Å². The molecule has 0 amide bonds. The van der Waals surface area contributed by atoms with Gasteiger partial charge in [-0.15, -0.1) is 0 Å². The molecule has 0 saturated carbocycles. The molecule has 1 aromatic carbocycles. The molecule has 5 nitrogen and oxygen atoms in total. The largest absolute Gasteiger partial charge is 0.508 e. The number of benzene rings is 1. The molecule has 3 N–H and O–H groups in total. The molecular weight excluding hydrogens is 270 g/mol. The van der Waals surface area contributed by atoms with E-state index in [0.29, 0.717) is 17.7 Å². The molecule has 0 saturated heterocycles. The summed E-state index contributed by atoms with van der Waals surface area (Å²) in [4.78, 5) is 12.1. The topological polar surface area (TPSA) is 90.6 Å². The van der Waals surface area contributed by atoms with Crippen LogP contribution in [0.1, 0.15) is 41.6 Å². The first-order valence-corrected chi connectivity index (χ1v) is 7.01. The van der Waals surface area contributed by atoms with Crippen molar-refractivity contribution >= 4 is 11.7 Å². The van der Waals surface area contributed by atoms with E-state index in [2.05, 4.69) is 0 Å². The number of phenolic OH excluding ortho intramolecular Hbond substituents is 2. The average Bonchev–Trinajstić information content (AvgIpc) is 2.41. The minimum atomic E-state index is -0.640. The number of hydrogen-bond donors (Lipinski definition) is 3. The van der Waals surface area contributed by atoms with Crippen LogP contribution in [0.2, 0.25) is 0 Å². The highest BCUT2D eigenvalue weighted by Gasteiger charge is 2.20. The van der Waals surface area contributed by atoms with E-state index in [1.54, 1.807) is 6.08 Å². The Morgan fingerprint density at radius 3 is 2.76 bits per heavy atom. The molecule has 112 valence electrons. The van der Waals surface area contributed by atoms with Gasteiger partial charge >= 0.3 is 5.97 Å². The Morgan fingerprint density at radius 1 is 1.14 bits per heavy atom. The number of carbonyl (C=O) groups is 1. The van der Waals surface area contributed by atoms with Gasteiger partial charge in [-0.05, 0) is 37.3 Å².